The third kappa shape index (κ3) is 7.65. The molecular formula is C41H50FN9O3. The highest BCUT2D eigenvalue weighted by Crippen LogP contribution is 2.39. The monoisotopic (exact) mass is 735 g/mol. The largest absolute Gasteiger partial charge is 0.484 e. The molecule has 54 heavy (non-hydrogen) atoms. The van der Waals surface area contributed by atoms with Gasteiger partial charge in [0, 0.05) is 43.7 Å². The number of halogens is 1. The van der Waals surface area contributed by atoms with Crippen LogP contribution in [0.4, 0.5) is 21.0 Å². The number of nitrogens with zero attached hydrogens (tertiary/aromatic N) is 7. The molecule has 0 unspecified atom stereocenters. The number of amides is 2. The van der Waals surface area contributed by atoms with Gasteiger partial charge in [-0.3, -0.25) is 14.6 Å². The number of benzene rings is 2. The number of urea groups is 1. The Kier molecular flexibility index (Phi) is 10.0. The van der Waals surface area contributed by atoms with E-state index in [1.54, 1.807) is 10.7 Å². The van der Waals surface area contributed by atoms with Gasteiger partial charge in [-0.1, -0.05) is 45.0 Å². The van der Waals surface area contributed by atoms with E-state index in [1.807, 2.05) is 47.0 Å². The smallest absolute Gasteiger partial charge is 0.320 e. The lowest BCUT2D eigenvalue weighted by atomic mass is 9.85. The lowest BCUT2D eigenvalue weighted by molar-refractivity contribution is 0.0341. The maximum absolute atomic E-state index is 15.1. The van der Waals surface area contributed by atoms with Crippen molar-refractivity contribution in [1.29, 1.82) is 0 Å². The summed E-state index contributed by atoms with van der Waals surface area (Å²) in [5, 5.41) is 20.1. The zero-order valence-corrected chi connectivity index (χ0v) is 31.6. The van der Waals surface area contributed by atoms with Crippen LogP contribution in [-0.4, -0.2) is 74.2 Å². The van der Waals surface area contributed by atoms with Crippen molar-refractivity contribution in [3.05, 3.63) is 95.1 Å². The van der Waals surface area contributed by atoms with E-state index in [2.05, 4.69) is 70.5 Å². The number of piperidine rings is 1. The maximum atomic E-state index is 15.1. The minimum Gasteiger partial charge on any atom is -0.484 e. The van der Waals surface area contributed by atoms with Gasteiger partial charge < -0.3 is 19.7 Å². The number of fused-ring (bicyclic) bond motifs is 2. The van der Waals surface area contributed by atoms with Crippen LogP contribution in [0.25, 0.3) is 11.3 Å². The van der Waals surface area contributed by atoms with Crippen LogP contribution in [0.3, 0.4) is 0 Å². The summed E-state index contributed by atoms with van der Waals surface area (Å²) in [6, 6.07) is 18.7. The van der Waals surface area contributed by atoms with Gasteiger partial charge in [0.05, 0.1) is 36.8 Å². The predicted octanol–water partition coefficient (Wildman–Crippen LogP) is 7.34. The Hall–Kier alpha value is -5.01. The lowest BCUT2D eigenvalue weighted by Gasteiger charge is -2.33. The molecule has 3 aromatic heterocycles. The second kappa shape index (κ2) is 15.0. The summed E-state index contributed by atoms with van der Waals surface area (Å²) in [4.78, 5) is 18.4. The van der Waals surface area contributed by atoms with E-state index in [1.165, 1.54) is 12.5 Å². The Morgan fingerprint density at radius 2 is 1.78 bits per heavy atom. The Morgan fingerprint density at radius 1 is 0.963 bits per heavy atom. The zero-order valence-electron chi connectivity index (χ0n) is 31.6. The average molecular weight is 736 g/mol. The van der Waals surface area contributed by atoms with Gasteiger partial charge in [0.25, 0.3) is 0 Å². The van der Waals surface area contributed by atoms with Gasteiger partial charge in [-0.25, -0.2) is 13.9 Å². The highest BCUT2D eigenvalue weighted by Gasteiger charge is 2.31. The molecule has 2 fully saturated rings. The standard InChI is InChI=1S/C41H50FN9O3/c1-27-9-7-8-16-49(27)40-46-45-37-15-12-31(26-50(37)40)54-35-14-13-34(32-10-5-6-11-33(32)35)43-39(52)44-38-24-36(41(2,3)4)47-51(38)30-22-28(21-29(42)23-30)25-48-17-19-53-20-18-48/h5-6,10-12,15,21-24,26-27,34-35H,7-9,13-14,16-20,25H2,1-4H3,(H2,43,44,52)/t27-,34-,35+/m0/s1. The van der Waals surface area contributed by atoms with Gasteiger partial charge in [-0.15, -0.1) is 10.2 Å². The maximum Gasteiger partial charge on any atom is 0.320 e. The van der Waals surface area contributed by atoms with E-state index in [9.17, 15) is 4.79 Å². The van der Waals surface area contributed by atoms with Crippen LogP contribution in [0.1, 0.15) is 94.3 Å². The summed E-state index contributed by atoms with van der Waals surface area (Å²) in [6.07, 6.45) is 6.71. The van der Waals surface area contributed by atoms with E-state index in [-0.39, 0.29) is 29.4 Å². The molecule has 13 heteroatoms. The Balaban J connectivity index is 0.997. The van der Waals surface area contributed by atoms with Crippen molar-refractivity contribution >= 4 is 23.4 Å². The van der Waals surface area contributed by atoms with Gasteiger partial charge in [0.2, 0.25) is 5.95 Å². The number of ether oxygens (including phenoxy) is 2. The first-order chi connectivity index (χ1) is 26.1. The van der Waals surface area contributed by atoms with Crippen molar-refractivity contribution in [1.82, 2.24) is 34.6 Å². The van der Waals surface area contributed by atoms with Gasteiger partial charge in [0.15, 0.2) is 5.65 Å². The van der Waals surface area contributed by atoms with Crippen LogP contribution >= 0.6 is 0 Å². The second-order valence-corrected chi connectivity index (χ2v) is 15.9. The molecule has 0 spiro atoms. The predicted molar refractivity (Wildman–Crippen MR) is 206 cm³/mol. The van der Waals surface area contributed by atoms with E-state index in [4.69, 9.17) is 14.6 Å². The molecular weight excluding hydrogens is 686 g/mol. The van der Waals surface area contributed by atoms with E-state index in [0.717, 1.165) is 72.2 Å². The number of carbonyl (C=O) groups excluding carboxylic acids is 1. The number of nitrogens with one attached hydrogen (secondary N) is 2. The van der Waals surface area contributed by atoms with Crippen LogP contribution in [0.2, 0.25) is 0 Å². The van der Waals surface area contributed by atoms with Crippen LogP contribution in [0.5, 0.6) is 5.75 Å². The van der Waals surface area contributed by atoms with Crippen molar-refractivity contribution in [3.63, 3.8) is 0 Å². The molecule has 1 aliphatic carbocycles. The lowest BCUT2D eigenvalue weighted by Crippen LogP contribution is -2.38. The molecule has 2 saturated heterocycles. The Morgan fingerprint density at radius 3 is 2.57 bits per heavy atom. The third-order valence-corrected chi connectivity index (χ3v) is 10.9. The molecule has 12 nitrogen and oxygen atoms in total. The molecule has 5 aromatic rings. The molecule has 2 amide bonds. The van der Waals surface area contributed by atoms with Crippen LogP contribution in [-0.2, 0) is 16.7 Å². The fourth-order valence-corrected chi connectivity index (χ4v) is 7.92. The van der Waals surface area contributed by atoms with Crippen LogP contribution < -0.4 is 20.3 Å². The summed E-state index contributed by atoms with van der Waals surface area (Å²) >= 11 is 0. The van der Waals surface area contributed by atoms with Gasteiger partial charge in [0.1, 0.15) is 23.5 Å². The fraction of sp³-hybridized carbons (Fsp3) is 0.463. The van der Waals surface area contributed by atoms with E-state index in [0.29, 0.717) is 50.1 Å². The van der Waals surface area contributed by atoms with Crippen LogP contribution in [0.15, 0.2) is 66.9 Å². The first-order valence-electron chi connectivity index (χ1n) is 19.2. The number of pyridine rings is 1. The number of morpholine rings is 1. The van der Waals surface area contributed by atoms with Gasteiger partial charge in [-0.2, -0.15) is 5.10 Å². The number of carbonyl (C=O) groups is 1. The minimum atomic E-state index is -0.363. The number of hydrogen-bond acceptors (Lipinski definition) is 8. The van der Waals surface area contributed by atoms with Gasteiger partial charge in [-0.05, 0) is 86.1 Å². The molecule has 3 atom stereocenters. The molecule has 2 aliphatic heterocycles. The fourth-order valence-electron chi connectivity index (χ4n) is 7.92. The van der Waals surface area contributed by atoms with Crippen LogP contribution in [0, 0.1) is 5.82 Å². The molecule has 0 saturated carbocycles. The molecule has 3 aliphatic rings. The highest BCUT2D eigenvalue weighted by molar-refractivity contribution is 5.89. The molecule has 5 heterocycles. The van der Waals surface area contributed by atoms with Crippen molar-refractivity contribution in [2.24, 2.45) is 0 Å². The molecule has 8 rings (SSSR count). The highest BCUT2D eigenvalue weighted by atomic mass is 19.1. The quantitative estimate of drug-likeness (QED) is 0.170. The Bertz CT molecular complexity index is 2120. The molecule has 2 aromatic carbocycles. The summed E-state index contributed by atoms with van der Waals surface area (Å²) in [7, 11) is 0. The van der Waals surface area contributed by atoms with E-state index >= 15 is 4.39 Å². The van der Waals surface area contributed by atoms with Crippen molar-refractivity contribution in [2.45, 2.75) is 89.9 Å². The Labute approximate surface area is 315 Å². The number of aromatic nitrogens is 5. The summed E-state index contributed by atoms with van der Waals surface area (Å²) in [5.41, 5.74) is 4.71. The number of anilines is 2. The molecule has 2 N–H and O–H groups in total. The number of rotatable bonds is 8. The van der Waals surface area contributed by atoms with E-state index < -0.39 is 0 Å². The van der Waals surface area contributed by atoms with Crippen molar-refractivity contribution < 1.29 is 18.7 Å². The molecule has 284 valence electrons. The van der Waals surface area contributed by atoms with Crippen molar-refractivity contribution in [2.75, 3.05) is 43.1 Å². The zero-order chi connectivity index (χ0) is 37.4. The summed E-state index contributed by atoms with van der Waals surface area (Å²) < 4.78 is 30.9. The van der Waals surface area contributed by atoms with Gasteiger partial charge >= 0.3 is 6.03 Å². The normalized spacial score (nSPS) is 20.8. The summed E-state index contributed by atoms with van der Waals surface area (Å²) in [5.74, 6) is 1.70. The molecule has 0 bridgehead atoms. The van der Waals surface area contributed by atoms with Crippen molar-refractivity contribution in [3.8, 4) is 11.4 Å². The average Bonchev–Trinajstić information content (AvgIpc) is 3.78. The SMILES string of the molecule is C[C@H]1CCCCN1c1nnc2ccc(O[C@@H]3CC[C@H](NC(=O)Nc4cc(C(C)(C)C)nn4-c4cc(F)cc(CN5CCOCC5)c4)c4ccccc43)cn12. The third-order valence-electron chi connectivity index (χ3n) is 10.9. The first kappa shape index (κ1) is 36.0. The molecule has 0 radical (unpaired) electrons. The second-order valence-electron chi connectivity index (χ2n) is 15.9. The topological polar surface area (TPSA) is 114 Å². The first-order valence-corrected chi connectivity index (χ1v) is 19.2. The summed E-state index contributed by atoms with van der Waals surface area (Å²) in [6.45, 7) is 12.9. The number of hydrogen-bond donors (Lipinski definition) is 2. The minimum absolute atomic E-state index is 0.191.